The molecule has 118 valence electrons. The van der Waals surface area contributed by atoms with Crippen LogP contribution in [0, 0.1) is 5.92 Å². The highest BCUT2D eigenvalue weighted by atomic mass is 19.3. The van der Waals surface area contributed by atoms with Crippen molar-refractivity contribution >= 4 is 5.97 Å². The van der Waals surface area contributed by atoms with Crippen molar-refractivity contribution in [1.29, 1.82) is 0 Å². The van der Waals surface area contributed by atoms with E-state index < -0.39 is 23.9 Å². The zero-order valence-electron chi connectivity index (χ0n) is 12.5. The molecule has 0 aliphatic heterocycles. The van der Waals surface area contributed by atoms with Crippen LogP contribution in [0.25, 0.3) is 0 Å². The topological polar surface area (TPSA) is 55.8 Å². The Labute approximate surface area is 122 Å². The third-order valence-corrected chi connectivity index (χ3v) is 3.12. The van der Waals surface area contributed by atoms with E-state index in [0.717, 1.165) is 7.11 Å². The first-order valence-corrected chi connectivity index (χ1v) is 6.55. The molecule has 0 saturated heterocycles. The number of halogens is 2. The average molecular weight is 302 g/mol. The minimum absolute atomic E-state index is 0.0276. The van der Waals surface area contributed by atoms with Crippen molar-refractivity contribution in [2.75, 3.05) is 7.11 Å². The molecule has 0 aliphatic carbocycles. The maximum absolute atomic E-state index is 13.1. The van der Waals surface area contributed by atoms with Gasteiger partial charge in [-0.2, -0.15) is 0 Å². The molecule has 2 atom stereocenters. The number of carbonyl (C=O) groups excluding carboxylic acids is 1. The van der Waals surface area contributed by atoms with E-state index in [1.54, 1.807) is 12.1 Å². The third-order valence-electron chi connectivity index (χ3n) is 3.12. The van der Waals surface area contributed by atoms with Crippen LogP contribution in [-0.2, 0) is 15.1 Å². The Morgan fingerprint density at radius 3 is 2.14 bits per heavy atom. The highest BCUT2D eigenvalue weighted by Crippen LogP contribution is 2.35. The van der Waals surface area contributed by atoms with Gasteiger partial charge in [-0.05, 0) is 38.5 Å². The van der Waals surface area contributed by atoms with Crippen LogP contribution in [0.2, 0.25) is 0 Å². The fourth-order valence-corrected chi connectivity index (χ4v) is 2.03. The molecule has 2 unspecified atom stereocenters. The number of hydrogen-bond acceptors (Lipinski definition) is 4. The molecule has 1 N–H and O–H groups in total. The van der Waals surface area contributed by atoms with E-state index in [9.17, 15) is 18.7 Å². The van der Waals surface area contributed by atoms with Gasteiger partial charge in [0, 0.05) is 0 Å². The second kappa shape index (κ2) is 6.85. The van der Waals surface area contributed by atoms with E-state index in [1.807, 2.05) is 13.8 Å². The number of methoxy groups -OCH3 is 1. The van der Waals surface area contributed by atoms with Gasteiger partial charge >= 0.3 is 5.97 Å². The van der Waals surface area contributed by atoms with Crippen LogP contribution in [-0.4, -0.2) is 30.7 Å². The van der Waals surface area contributed by atoms with Crippen LogP contribution in [0.15, 0.2) is 24.3 Å². The molecule has 1 rings (SSSR count). The van der Waals surface area contributed by atoms with E-state index in [1.165, 1.54) is 19.1 Å². The van der Waals surface area contributed by atoms with Crippen molar-refractivity contribution in [3.05, 3.63) is 29.8 Å². The number of alkyl halides is 2. The highest BCUT2D eigenvalue weighted by Gasteiger charge is 2.46. The lowest BCUT2D eigenvalue weighted by molar-refractivity contribution is -0.167. The van der Waals surface area contributed by atoms with Gasteiger partial charge in [-0.15, -0.1) is 0 Å². The van der Waals surface area contributed by atoms with Gasteiger partial charge in [-0.25, -0.2) is 8.78 Å². The van der Waals surface area contributed by atoms with Crippen LogP contribution >= 0.6 is 0 Å². The molecule has 0 fully saturated rings. The van der Waals surface area contributed by atoms with Crippen molar-refractivity contribution in [2.45, 2.75) is 38.9 Å². The van der Waals surface area contributed by atoms with Crippen LogP contribution in [0.1, 0.15) is 26.3 Å². The fraction of sp³-hybridized carbons (Fsp3) is 0.533. The van der Waals surface area contributed by atoms with Crippen LogP contribution in [0.5, 0.6) is 5.75 Å². The maximum Gasteiger partial charge on any atom is 0.317 e. The molecule has 0 radical (unpaired) electrons. The van der Waals surface area contributed by atoms with Crippen molar-refractivity contribution in [3.8, 4) is 5.75 Å². The molecular weight excluding hydrogens is 282 g/mol. The third kappa shape index (κ3) is 4.14. The standard InChI is InChI=1S/C15H20F2O4/c1-9(2)21-11-7-5-10(6-8-11)15(3,19)12(13(16)17)14(18)20-4/h5-9,12-13,19H,1-4H3. The molecule has 1 aromatic carbocycles. The number of ether oxygens (including phenoxy) is 2. The maximum atomic E-state index is 13.1. The number of hydrogen-bond donors (Lipinski definition) is 1. The van der Waals surface area contributed by atoms with Gasteiger partial charge in [0.2, 0.25) is 0 Å². The van der Waals surface area contributed by atoms with Crippen molar-refractivity contribution in [3.63, 3.8) is 0 Å². The predicted octanol–water partition coefficient (Wildman–Crippen LogP) is 2.74. The fourth-order valence-electron chi connectivity index (χ4n) is 2.03. The minimum atomic E-state index is -3.04. The van der Waals surface area contributed by atoms with E-state index in [-0.39, 0.29) is 11.7 Å². The van der Waals surface area contributed by atoms with Gasteiger partial charge < -0.3 is 14.6 Å². The summed E-state index contributed by atoms with van der Waals surface area (Å²) in [7, 11) is 1.01. The Morgan fingerprint density at radius 1 is 1.24 bits per heavy atom. The SMILES string of the molecule is COC(=O)C(C(F)F)C(C)(O)c1ccc(OC(C)C)cc1. The minimum Gasteiger partial charge on any atom is -0.491 e. The number of esters is 1. The molecule has 0 aromatic heterocycles. The summed E-state index contributed by atoms with van der Waals surface area (Å²) < 4.78 is 36.0. The van der Waals surface area contributed by atoms with Gasteiger partial charge in [0.05, 0.1) is 13.2 Å². The Balaban J connectivity index is 3.07. The molecule has 4 nitrogen and oxygen atoms in total. The second-order valence-corrected chi connectivity index (χ2v) is 5.17. The first-order valence-electron chi connectivity index (χ1n) is 6.55. The number of rotatable bonds is 6. The molecule has 21 heavy (non-hydrogen) atoms. The first kappa shape index (κ1) is 17.4. The molecule has 0 spiro atoms. The molecule has 6 heteroatoms. The Morgan fingerprint density at radius 2 is 1.76 bits per heavy atom. The quantitative estimate of drug-likeness (QED) is 0.821. The highest BCUT2D eigenvalue weighted by molar-refractivity contribution is 5.74. The predicted molar refractivity (Wildman–Crippen MR) is 73.3 cm³/mol. The zero-order chi connectivity index (χ0) is 16.2. The lowest BCUT2D eigenvalue weighted by atomic mass is 9.83. The molecule has 0 heterocycles. The molecule has 0 bridgehead atoms. The van der Waals surface area contributed by atoms with E-state index in [2.05, 4.69) is 4.74 Å². The van der Waals surface area contributed by atoms with E-state index in [4.69, 9.17) is 4.74 Å². The average Bonchev–Trinajstić information content (AvgIpc) is 2.37. The second-order valence-electron chi connectivity index (χ2n) is 5.17. The Bertz CT molecular complexity index is 469. The Hall–Kier alpha value is -1.69. The smallest absolute Gasteiger partial charge is 0.317 e. The number of carbonyl (C=O) groups is 1. The zero-order valence-corrected chi connectivity index (χ0v) is 12.5. The number of aliphatic hydroxyl groups is 1. The van der Waals surface area contributed by atoms with Crippen LogP contribution < -0.4 is 4.74 Å². The van der Waals surface area contributed by atoms with Gasteiger partial charge in [0.25, 0.3) is 6.43 Å². The van der Waals surface area contributed by atoms with Gasteiger partial charge in [-0.3, -0.25) is 4.79 Å². The molecular formula is C15H20F2O4. The summed E-state index contributed by atoms with van der Waals surface area (Å²) in [5, 5.41) is 10.4. The molecule has 0 saturated carbocycles. The summed E-state index contributed by atoms with van der Waals surface area (Å²) in [6.07, 6.45) is -3.07. The Kier molecular flexibility index (Phi) is 5.66. The first-order chi connectivity index (χ1) is 9.70. The monoisotopic (exact) mass is 302 g/mol. The molecule has 1 aromatic rings. The van der Waals surface area contributed by atoms with E-state index >= 15 is 0 Å². The van der Waals surface area contributed by atoms with Crippen LogP contribution in [0.3, 0.4) is 0 Å². The summed E-state index contributed by atoms with van der Waals surface area (Å²) in [5.41, 5.74) is -1.85. The van der Waals surface area contributed by atoms with Crippen molar-refractivity contribution < 1.29 is 28.2 Å². The van der Waals surface area contributed by atoms with Gasteiger partial charge in [0.15, 0.2) is 0 Å². The van der Waals surface area contributed by atoms with Crippen molar-refractivity contribution in [1.82, 2.24) is 0 Å². The molecule has 0 aliphatic rings. The largest absolute Gasteiger partial charge is 0.491 e. The van der Waals surface area contributed by atoms with Crippen LogP contribution in [0.4, 0.5) is 8.78 Å². The summed E-state index contributed by atoms with van der Waals surface area (Å²) >= 11 is 0. The van der Waals surface area contributed by atoms with Gasteiger partial charge in [-0.1, -0.05) is 12.1 Å². The lowest BCUT2D eigenvalue weighted by Crippen LogP contribution is -2.42. The lowest BCUT2D eigenvalue weighted by Gasteiger charge is -2.31. The summed E-state index contributed by atoms with van der Waals surface area (Å²) in [5.74, 6) is -2.56. The summed E-state index contributed by atoms with van der Waals surface area (Å²) in [6.45, 7) is 4.88. The van der Waals surface area contributed by atoms with Crippen molar-refractivity contribution in [2.24, 2.45) is 5.92 Å². The summed E-state index contributed by atoms with van der Waals surface area (Å²) in [6, 6.07) is 6.03. The molecule has 0 amide bonds. The van der Waals surface area contributed by atoms with Gasteiger partial charge in [0.1, 0.15) is 17.3 Å². The van der Waals surface area contributed by atoms with E-state index in [0.29, 0.717) is 5.75 Å². The normalized spacial score (nSPS) is 15.7. The number of benzene rings is 1. The summed E-state index contributed by atoms with van der Waals surface area (Å²) in [4.78, 5) is 11.5.